The topological polar surface area (TPSA) is 77.0 Å². The molecule has 120 valence electrons. The van der Waals surface area contributed by atoms with Gasteiger partial charge in [0.15, 0.2) is 6.61 Å². The molecule has 0 saturated carbocycles. The number of nitrogens with one attached hydrogen (secondary N) is 1. The van der Waals surface area contributed by atoms with E-state index in [0.717, 1.165) is 12.0 Å². The van der Waals surface area contributed by atoms with Crippen LogP contribution < -0.4 is 5.32 Å². The van der Waals surface area contributed by atoms with Crippen molar-refractivity contribution in [2.75, 3.05) is 20.3 Å². The summed E-state index contributed by atoms with van der Waals surface area (Å²) in [7, 11) is 1.33. The van der Waals surface area contributed by atoms with Crippen molar-refractivity contribution in [1.29, 1.82) is 0 Å². The largest absolute Gasteiger partial charge is 0.465 e. The average Bonchev–Trinajstić information content (AvgIpc) is 2.51. The first-order valence-electron chi connectivity index (χ1n) is 7.13. The Morgan fingerprint density at radius 3 is 2.55 bits per heavy atom. The SMILES string of the molecule is COC(=O)c1ccc(/C=N/OCC(=O)NCCC(C)C)cc1. The van der Waals surface area contributed by atoms with E-state index in [2.05, 4.69) is 29.1 Å². The van der Waals surface area contributed by atoms with Crippen LogP contribution in [0.4, 0.5) is 0 Å². The van der Waals surface area contributed by atoms with Gasteiger partial charge in [-0.15, -0.1) is 0 Å². The van der Waals surface area contributed by atoms with Crippen LogP contribution in [-0.2, 0) is 14.4 Å². The van der Waals surface area contributed by atoms with Gasteiger partial charge in [-0.05, 0) is 30.0 Å². The minimum atomic E-state index is -0.391. The highest BCUT2D eigenvalue weighted by molar-refractivity contribution is 5.90. The summed E-state index contributed by atoms with van der Waals surface area (Å²) in [6.45, 7) is 4.71. The second-order valence-electron chi connectivity index (χ2n) is 5.15. The third-order valence-electron chi connectivity index (χ3n) is 2.85. The normalized spacial score (nSPS) is 10.7. The highest BCUT2D eigenvalue weighted by Crippen LogP contribution is 2.04. The molecule has 0 fully saturated rings. The summed E-state index contributed by atoms with van der Waals surface area (Å²) in [6, 6.07) is 6.68. The fourth-order valence-corrected chi connectivity index (χ4v) is 1.57. The molecule has 0 bridgehead atoms. The minimum absolute atomic E-state index is 0.116. The number of hydrogen-bond donors (Lipinski definition) is 1. The number of amides is 1. The monoisotopic (exact) mass is 306 g/mol. The molecule has 6 nitrogen and oxygen atoms in total. The molecule has 0 aliphatic carbocycles. The second-order valence-corrected chi connectivity index (χ2v) is 5.15. The first-order chi connectivity index (χ1) is 10.5. The first kappa shape index (κ1) is 17.7. The predicted molar refractivity (Wildman–Crippen MR) is 83.8 cm³/mol. The van der Waals surface area contributed by atoms with E-state index in [0.29, 0.717) is 18.0 Å². The lowest BCUT2D eigenvalue weighted by molar-refractivity contribution is -0.125. The molecule has 0 aromatic heterocycles. The maximum atomic E-state index is 11.4. The molecule has 0 unspecified atom stereocenters. The zero-order chi connectivity index (χ0) is 16.4. The molecule has 1 N–H and O–H groups in total. The van der Waals surface area contributed by atoms with Gasteiger partial charge in [-0.3, -0.25) is 4.79 Å². The summed E-state index contributed by atoms with van der Waals surface area (Å²) in [6.07, 6.45) is 2.41. The summed E-state index contributed by atoms with van der Waals surface area (Å²) < 4.78 is 4.61. The highest BCUT2D eigenvalue weighted by atomic mass is 16.6. The maximum Gasteiger partial charge on any atom is 0.337 e. The van der Waals surface area contributed by atoms with Crippen LogP contribution in [0, 0.1) is 5.92 Å². The molecule has 0 aliphatic heterocycles. The number of methoxy groups -OCH3 is 1. The molecule has 0 aliphatic rings. The number of carbonyl (C=O) groups is 2. The minimum Gasteiger partial charge on any atom is -0.465 e. The van der Waals surface area contributed by atoms with Crippen LogP contribution in [0.5, 0.6) is 0 Å². The van der Waals surface area contributed by atoms with Gasteiger partial charge in [0.1, 0.15) is 0 Å². The smallest absolute Gasteiger partial charge is 0.337 e. The Kier molecular flexibility index (Phi) is 7.67. The Balaban J connectivity index is 2.31. The number of nitrogens with zero attached hydrogens (tertiary/aromatic N) is 1. The van der Waals surface area contributed by atoms with Gasteiger partial charge in [0, 0.05) is 6.54 Å². The van der Waals surface area contributed by atoms with Crippen LogP contribution in [0.3, 0.4) is 0 Å². The van der Waals surface area contributed by atoms with Crippen molar-refractivity contribution in [3.8, 4) is 0 Å². The molecule has 1 amide bonds. The third kappa shape index (κ3) is 6.88. The van der Waals surface area contributed by atoms with Gasteiger partial charge in [0.2, 0.25) is 0 Å². The van der Waals surface area contributed by atoms with Gasteiger partial charge in [-0.2, -0.15) is 0 Å². The lowest BCUT2D eigenvalue weighted by atomic mass is 10.1. The molecule has 0 saturated heterocycles. The van der Waals surface area contributed by atoms with E-state index in [9.17, 15) is 9.59 Å². The van der Waals surface area contributed by atoms with Gasteiger partial charge < -0.3 is 14.9 Å². The molecule has 6 heteroatoms. The molecule has 0 spiro atoms. The Morgan fingerprint density at radius 2 is 1.95 bits per heavy atom. The molecule has 1 rings (SSSR count). The zero-order valence-corrected chi connectivity index (χ0v) is 13.2. The Hall–Kier alpha value is -2.37. The van der Waals surface area contributed by atoms with Crippen molar-refractivity contribution in [2.45, 2.75) is 20.3 Å². The van der Waals surface area contributed by atoms with Crippen LogP contribution in [-0.4, -0.2) is 38.4 Å². The zero-order valence-electron chi connectivity index (χ0n) is 13.2. The van der Waals surface area contributed by atoms with Gasteiger partial charge in [-0.25, -0.2) is 4.79 Å². The lowest BCUT2D eigenvalue weighted by Crippen LogP contribution is -2.28. The Morgan fingerprint density at radius 1 is 1.27 bits per heavy atom. The van der Waals surface area contributed by atoms with E-state index < -0.39 is 5.97 Å². The highest BCUT2D eigenvalue weighted by Gasteiger charge is 2.04. The Bertz CT molecular complexity index is 509. The van der Waals surface area contributed by atoms with Crippen molar-refractivity contribution < 1.29 is 19.2 Å². The van der Waals surface area contributed by atoms with Crippen molar-refractivity contribution in [1.82, 2.24) is 5.32 Å². The number of oxime groups is 1. The molecule has 0 atom stereocenters. The summed E-state index contributed by atoms with van der Waals surface area (Å²) >= 11 is 0. The molecule has 1 aromatic rings. The van der Waals surface area contributed by atoms with Crippen molar-refractivity contribution >= 4 is 18.1 Å². The van der Waals surface area contributed by atoms with E-state index in [1.807, 2.05) is 0 Å². The number of esters is 1. The van der Waals surface area contributed by atoms with Crippen LogP contribution >= 0.6 is 0 Å². The molecule has 0 radical (unpaired) electrons. The standard InChI is InChI=1S/C16H22N2O4/c1-12(2)8-9-17-15(19)11-22-18-10-13-4-6-14(7-5-13)16(20)21-3/h4-7,10,12H,8-9,11H2,1-3H3,(H,17,19)/b18-10+. The third-order valence-corrected chi connectivity index (χ3v) is 2.85. The van der Waals surface area contributed by atoms with Gasteiger partial charge >= 0.3 is 5.97 Å². The fraction of sp³-hybridized carbons (Fsp3) is 0.438. The van der Waals surface area contributed by atoms with Crippen LogP contribution in [0.1, 0.15) is 36.2 Å². The number of hydrogen-bond acceptors (Lipinski definition) is 5. The van der Waals surface area contributed by atoms with E-state index >= 15 is 0 Å². The molecule has 22 heavy (non-hydrogen) atoms. The average molecular weight is 306 g/mol. The van der Waals surface area contributed by atoms with E-state index in [4.69, 9.17) is 4.84 Å². The quantitative estimate of drug-likeness (QED) is 0.452. The van der Waals surface area contributed by atoms with Gasteiger partial charge in [-0.1, -0.05) is 31.1 Å². The summed E-state index contributed by atoms with van der Waals surface area (Å²) in [5.74, 6) is -0.0381. The summed E-state index contributed by atoms with van der Waals surface area (Å²) in [4.78, 5) is 27.6. The molecule has 1 aromatic carbocycles. The molecular weight excluding hydrogens is 284 g/mol. The van der Waals surface area contributed by atoms with Gasteiger partial charge in [0.05, 0.1) is 18.9 Å². The van der Waals surface area contributed by atoms with Crippen molar-refractivity contribution in [3.05, 3.63) is 35.4 Å². The number of ether oxygens (including phenoxy) is 1. The lowest BCUT2D eigenvalue weighted by Gasteiger charge is -2.06. The van der Waals surface area contributed by atoms with E-state index in [1.165, 1.54) is 13.3 Å². The second kappa shape index (κ2) is 9.55. The Labute approximate surface area is 130 Å². The van der Waals surface area contributed by atoms with Crippen LogP contribution in [0.15, 0.2) is 29.4 Å². The van der Waals surface area contributed by atoms with Crippen LogP contribution in [0.25, 0.3) is 0 Å². The number of carbonyl (C=O) groups excluding carboxylic acids is 2. The van der Waals surface area contributed by atoms with Crippen LogP contribution in [0.2, 0.25) is 0 Å². The van der Waals surface area contributed by atoms with E-state index in [-0.39, 0.29) is 12.5 Å². The molecular formula is C16H22N2O4. The fourth-order valence-electron chi connectivity index (χ4n) is 1.57. The van der Waals surface area contributed by atoms with E-state index in [1.54, 1.807) is 24.3 Å². The van der Waals surface area contributed by atoms with Crippen molar-refractivity contribution in [2.24, 2.45) is 11.1 Å². The predicted octanol–water partition coefficient (Wildman–Crippen LogP) is 1.99. The number of rotatable bonds is 8. The summed E-state index contributed by atoms with van der Waals surface area (Å²) in [5.41, 5.74) is 1.22. The van der Waals surface area contributed by atoms with Crippen molar-refractivity contribution in [3.63, 3.8) is 0 Å². The summed E-state index contributed by atoms with van der Waals surface area (Å²) in [5, 5.41) is 6.47. The number of benzene rings is 1. The molecule has 0 heterocycles. The van der Waals surface area contributed by atoms with Gasteiger partial charge in [0.25, 0.3) is 5.91 Å². The first-order valence-corrected chi connectivity index (χ1v) is 7.13. The maximum absolute atomic E-state index is 11.4.